The largest absolute Gasteiger partial charge is 0.299 e. The molecule has 0 fully saturated rings. The first-order chi connectivity index (χ1) is 10.2. The molecular weight excluding hydrogens is 280 g/mol. The Morgan fingerprint density at radius 3 is 2.57 bits per heavy atom. The van der Waals surface area contributed by atoms with Crippen LogP contribution in [0.1, 0.15) is 61.5 Å². The van der Waals surface area contributed by atoms with E-state index in [1.165, 1.54) is 30.6 Å². The minimum Gasteiger partial charge on any atom is -0.299 e. The van der Waals surface area contributed by atoms with Crippen LogP contribution in [0.4, 0.5) is 0 Å². The summed E-state index contributed by atoms with van der Waals surface area (Å²) in [5, 5.41) is 1.08. The van der Waals surface area contributed by atoms with Crippen molar-refractivity contribution in [3.05, 3.63) is 35.2 Å². The number of hydrogen-bond acceptors (Lipinski definition) is 3. The van der Waals surface area contributed by atoms with Crippen LogP contribution in [0.2, 0.25) is 0 Å². The molecule has 112 valence electrons. The van der Waals surface area contributed by atoms with Crippen LogP contribution in [0.15, 0.2) is 30.3 Å². The number of thiophene rings is 1. The Kier molecular flexibility index (Phi) is 6.12. The Morgan fingerprint density at radius 1 is 1.05 bits per heavy atom. The van der Waals surface area contributed by atoms with Crippen LogP contribution in [0.5, 0.6) is 0 Å². The quantitative estimate of drug-likeness (QED) is 0.353. The summed E-state index contributed by atoms with van der Waals surface area (Å²) in [4.78, 5) is 24.7. The molecule has 1 aromatic heterocycles. The van der Waals surface area contributed by atoms with Crippen LogP contribution in [0.3, 0.4) is 0 Å². The smallest absolute Gasteiger partial charge is 0.180 e. The molecule has 3 heteroatoms. The summed E-state index contributed by atoms with van der Waals surface area (Å²) in [5.41, 5.74) is 0. The molecule has 0 amide bonds. The van der Waals surface area contributed by atoms with Crippen molar-refractivity contribution in [3.63, 3.8) is 0 Å². The first-order valence-electron chi connectivity index (χ1n) is 7.74. The van der Waals surface area contributed by atoms with Gasteiger partial charge in [-0.1, -0.05) is 50.8 Å². The maximum Gasteiger partial charge on any atom is 0.180 e. The van der Waals surface area contributed by atoms with Crippen molar-refractivity contribution >= 4 is 33.0 Å². The molecule has 0 atom stereocenters. The van der Waals surface area contributed by atoms with E-state index in [4.69, 9.17) is 0 Å². The lowest BCUT2D eigenvalue weighted by molar-refractivity contribution is -0.118. The number of benzene rings is 1. The standard InChI is InChI=1S/C18H22O2S/c1-2-3-4-5-6-10-15(19)13-16(20)18-12-14-9-7-8-11-17(14)21-18/h7-9,11-12H,2-6,10,13H2,1H3. The van der Waals surface area contributed by atoms with E-state index in [-0.39, 0.29) is 18.0 Å². The second-order valence-corrected chi connectivity index (χ2v) is 6.54. The first kappa shape index (κ1) is 15.9. The molecule has 2 rings (SSSR count). The highest BCUT2D eigenvalue weighted by atomic mass is 32.1. The molecule has 0 N–H and O–H groups in total. The molecule has 0 saturated carbocycles. The molecule has 21 heavy (non-hydrogen) atoms. The number of carbonyl (C=O) groups excluding carboxylic acids is 2. The number of unbranched alkanes of at least 4 members (excludes halogenated alkanes) is 4. The summed E-state index contributed by atoms with van der Waals surface area (Å²) in [7, 11) is 0. The van der Waals surface area contributed by atoms with Crippen molar-refractivity contribution < 1.29 is 9.59 Å². The van der Waals surface area contributed by atoms with Gasteiger partial charge >= 0.3 is 0 Å². The molecule has 0 spiro atoms. The van der Waals surface area contributed by atoms with Crippen LogP contribution in [0.25, 0.3) is 10.1 Å². The van der Waals surface area contributed by atoms with E-state index >= 15 is 0 Å². The molecule has 2 nitrogen and oxygen atoms in total. The number of ketones is 2. The third kappa shape index (κ3) is 4.78. The Hall–Kier alpha value is -1.48. The van der Waals surface area contributed by atoms with Gasteiger partial charge in [0, 0.05) is 11.1 Å². The lowest BCUT2D eigenvalue weighted by Crippen LogP contribution is -2.06. The number of rotatable bonds is 9. The SMILES string of the molecule is CCCCCCCC(=O)CC(=O)c1cc2ccccc2s1. The third-order valence-corrected chi connectivity index (χ3v) is 4.77. The zero-order valence-electron chi connectivity index (χ0n) is 12.6. The molecule has 0 bridgehead atoms. The average molecular weight is 302 g/mol. The molecule has 2 aromatic rings. The van der Waals surface area contributed by atoms with Crippen LogP contribution in [-0.4, -0.2) is 11.6 Å². The summed E-state index contributed by atoms with van der Waals surface area (Å²) in [6, 6.07) is 9.83. The average Bonchev–Trinajstić information content (AvgIpc) is 2.91. The van der Waals surface area contributed by atoms with Gasteiger partial charge in [-0.15, -0.1) is 11.3 Å². The van der Waals surface area contributed by atoms with E-state index in [0.29, 0.717) is 11.3 Å². The van der Waals surface area contributed by atoms with E-state index in [9.17, 15) is 9.59 Å². The summed E-state index contributed by atoms with van der Waals surface area (Å²) >= 11 is 1.48. The zero-order valence-corrected chi connectivity index (χ0v) is 13.4. The van der Waals surface area contributed by atoms with E-state index in [1.807, 2.05) is 30.3 Å². The fourth-order valence-electron chi connectivity index (χ4n) is 2.40. The summed E-state index contributed by atoms with van der Waals surface area (Å²) in [6.07, 6.45) is 6.23. The highest BCUT2D eigenvalue weighted by Gasteiger charge is 2.14. The predicted octanol–water partition coefficient (Wildman–Crippen LogP) is 5.40. The molecule has 0 saturated heterocycles. The second kappa shape index (κ2) is 8.08. The maximum atomic E-state index is 12.1. The van der Waals surface area contributed by atoms with Gasteiger partial charge in [0.1, 0.15) is 5.78 Å². The second-order valence-electron chi connectivity index (χ2n) is 5.45. The Labute approximate surface area is 130 Å². The topological polar surface area (TPSA) is 34.1 Å². The van der Waals surface area contributed by atoms with Gasteiger partial charge in [-0.05, 0) is 23.9 Å². The molecule has 1 aromatic carbocycles. The Balaban J connectivity index is 1.82. The van der Waals surface area contributed by atoms with E-state index in [1.54, 1.807) is 0 Å². The van der Waals surface area contributed by atoms with Gasteiger partial charge in [0.05, 0.1) is 11.3 Å². The fraction of sp³-hybridized carbons (Fsp3) is 0.444. The minimum atomic E-state index is -0.0326. The van der Waals surface area contributed by atoms with Gasteiger partial charge in [0.25, 0.3) is 0 Å². The molecule has 0 radical (unpaired) electrons. The zero-order chi connectivity index (χ0) is 15.1. The number of hydrogen-bond donors (Lipinski definition) is 0. The highest BCUT2D eigenvalue weighted by molar-refractivity contribution is 7.20. The van der Waals surface area contributed by atoms with E-state index in [2.05, 4.69) is 6.92 Å². The number of fused-ring (bicyclic) bond motifs is 1. The van der Waals surface area contributed by atoms with Crippen LogP contribution < -0.4 is 0 Å². The monoisotopic (exact) mass is 302 g/mol. The third-order valence-electron chi connectivity index (χ3n) is 3.62. The van der Waals surface area contributed by atoms with Gasteiger partial charge in [0.2, 0.25) is 0 Å². The highest BCUT2D eigenvalue weighted by Crippen LogP contribution is 2.26. The minimum absolute atomic E-state index is 0.0326. The molecule has 1 heterocycles. The predicted molar refractivity (Wildman–Crippen MR) is 89.2 cm³/mol. The van der Waals surface area contributed by atoms with Gasteiger partial charge in [-0.2, -0.15) is 0 Å². The molecule has 0 aliphatic heterocycles. The van der Waals surface area contributed by atoms with Crippen LogP contribution in [-0.2, 0) is 4.79 Å². The number of Topliss-reactive ketones (excluding diaryl/α,β-unsaturated/α-hetero) is 2. The van der Waals surface area contributed by atoms with Crippen molar-refractivity contribution in [2.24, 2.45) is 0 Å². The fourth-order valence-corrected chi connectivity index (χ4v) is 3.40. The molecule has 0 aliphatic rings. The van der Waals surface area contributed by atoms with Crippen LogP contribution >= 0.6 is 11.3 Å². The van der Waals surface area contributed by atoms with Gasteiger partial charge in [-0.3, -0.25) is 9.59 Å². The summed E-state index contributed by atoms with van der Waals surface area (Å²) in [6.45, 7) is 2.18. The van der Waals surface area contributed by atoms with Gasteiger partial charge in [-0.25, -0.2) is 0 Å². The van der Waals surface area contributed by atoms with Crippen LogP contribution in [0, 0.1) is 0 Å². The summed E-state index contributed by atoms with van der Waals surface area (Å²) < 4.78 is 1.10. The van der Waals surface area contributed by atoms with E-state index < -0.39 is 0 Å². The number of carbonyl (C=O) groups is 2. The lowest BCUT2D eigenvalue weighted by Gasteiger charge is -2.00. The Morgan fingerprint density at radius 2 is 1.81 bits per heavy atom. The normalized spacial score (nSPS) is 10.9. The first-order valence-corrected chi connectivity index (χ1v) is 8.56. The lowest BCUT2D eigenvalue weighted by atomic mass is 10.1. The van der Waals surface area contributed by atoms with Crippen molar-refractivity contribution in [1.82, 2.24) is 0 Å². The molecule has 0 unspecified atom stereocenters. The van der Waals surface area contributed by atoms with Crippen molar-refractivity contribution in [2.45, 2.75) is 51.9 Å². The molecular formula is C18H22O2S. The van der Waals surface area contributed by atoms with Crippen molar-refractivity contribution in [1.29, 1.82) is 0 Å². The van der Waals surface area contributed by atoms with Gasteiger partial charge < -0.3 is 0 Å². The Bertz CT molecular complexity index is 579. The molecule has 0 aliphatic carbocycles. The summed E-state index contributed by atoms with van der Waals surface area (Å²) in [5.74, 6) is 0.0451. The van der Waals surface area contributed by atoms with E-state index in [0.717, 1.165) is 22.9 Å². The van der Waals surface area contributed by atoms with Crippen molar-refractivity contribution in [2.75, 3.05) is 0 Å². The maximum absolute atomic E-state index is 12.1. The van der Waals surface area contributed by atoms with Gasteiger partial charge in [0.15, 0.2) is 5.78 Å². The van der Waals surface area contributed by atoms with Crippen molar-refractivity contribution in [3.8, 4) is 0 Å².